The van der Waals surface area contributed by atoms with Crippen LogP contribution in [0.25, 0.3) is 11.1 Å². The van der Waals surface area contributed by atoms with Crippen LogP contribution in [0.2, 0.25) is 0 Å². The second-order valence-corrected chi connectivity index (χ2v) is 4.94. The summed E-state index contributed by atoms with van der Waals surface area (Å²) in [6.07, 6.45) is 0.437. The van der Waals surface area contributed by atoms with Gasteiger partial charge in [0.25, 0.3) is 0 Å². The molecule has 24 heavy (non-hydrogen) atoms. The summed E-state index contributed by atoms with van der Waals surface area (Å²) in [6.45, 7) is 1.42. The number of carbonyl (C=O) groups excluding carboxylic acids is 1. The van der Waals surface area contributed by atoms with Crippen molar-refractivity contribution in [2.75, 3.05) is 5.43 Å². The minimum Gasteiger partial charge on any atom is -0.505 e. The number of anilines is 1. The SMILES string of the molecule is CC(=N)/C(C=O)=N/Nc1cccc(-c2cccc(C(=O)O)c2)c1O. The number of benzene rings is 2. The molecule has 0 saturated heterocycles. The number of aromatic hydroxyl groups is 1. The lowest BCUT2D eigenvalue weighted by atomic mass is 10.0. The van der Waals surface area contributed by atoms with E-state index in [0.29, 0.717) is 17.4 Å². The third kappa shape index (κ3) is 3.64. The molecule has 0 aliphatic rings. The van der Waals surface area contributed by atoms with Crippen molar-refractivity contribution < 1.29 is 19.8 Å². The van der Waals surface area contributed by atoms with Crippen LogP contribution in [0.4, 0.5) is 5.69 Å². The van der Waals surface area contributed by atoms with Gasteiger partial charge in [-0.25, -0.2) is 4.79 Å². The Kier molecular flexibility index (Phi) is 5.06. The summed E-state index contributed by atoms with van der Waals surface area (Å²) in [4.78, 5) is 21.9. The molecule has 0 atom stereocenters. The Bertz CT molecular complexity index is 843. The van der Waals surface area contributed by atoms with E-state index in [1.807, 2.05) is 0 Å². The van der Waals surface area contributed by atoms with E-state index in [1.54, 1.807) is 30.3 Å². The van der Waals surface area contributed by atoms with E-state index in [1.165, 1.54) is 19.1 Å². The Labute approximate surface area is 137 Å². The van der Waals surface area contributed by atoms with Gasteiger partial charge in [-0.1, -0.05) is 24.3 Å². The topological polar surface area (TPSA) is 123 Å². The number of nitrogens with zero attached hydrogens (tertiary/aromatic N) is 1. The predicted molar refractivity (Wildman–Crippen MR) is 91.0 cm³/mol. The quantitative estimate of drug-likeness (QED) is 0.281. The highest BCUT2D eigenvalue weighted by Gasteiger charge is 2.11. The second-order valence-electron chi connectivity index (χ2n) is 4.94. The minimum atomic E-state index is -1.06. The minimum absolute atomic E-state index is 0.0118. The number of rotatable bonds is 6. The van der Waals surface area contributed by atoms with Crippen LogP contribution in [0.3, 0.4) is 0 Å². The molecule has 0 bridgehead atoms. The number of aromatic carboxylic acids is 1. The predicted octanol–water partition coefficient (Wildman–Crippen LogP) is 2.76. The maximum atomic E-state index is 11.1. The summed E-state index contributed by atoms with van der Waals surface area (Å²) in [5.41, 5.74) is 3.71. The molecule has 0 aromatic heterocycles. The van der Waals surface area contributed by atoms with Crippen molar-refractivity contribution in [3.63, 3.8) is 0 Å². The van der Waals surface area contributed by atoms with Crippen LogP contribution in [0.1, 0.15) is 17.3 Å². The molecular weight excluding hydrogens is 310 g/mol. The number of hydrogen-bond donors (Lipinski definition) is 4. The fraction of sp³-hybridized carbons (Fsp3) is 0.0588. The van der Waals surface area contributed by atoms with Gasteiger partial charge in [-0.05, 0) is 30.7 Å². The van der Waals surface area contributed by atoms with E-state index in [-0.39, 0.29) is 28.4 Å². The Balaban J connectivity index is 2.41. The normalized spacial score (nSPS) is 11.0. The van der Waals surface area contributed by atoms with Gasteiger partial charge < -0.3 is 15.6 Å². The highest BCUT2D eigenvalue weighted by atomic mass is 16.4. The van der Waals surface area contributed by atoms with Crippen molar-refractivity contribution in [2.24, 2.45) is 5.10 Å². The molecule has 0 fully saturated rings. The number of carbonyl (C=O) groups is 2. The second kappa shape index (κ2) is 7.19. The lowest BCUT2D eigenvalue weighted by Crippen LogP contribution is -2.12. The van der Waals surface area contributed by atoms with Gasteiger partial charge in [-0.3, -0.25) is 10.2 Å². The van der Waals surface area contributed by atoms with Crippen LogP contribution >= 0.6 is 0 Å². The van der Waals surface area contributed by atoms with Gasteiger partial charge in [0.1, 0.15) is 11.5 Å². The van der Waals surface area contributed by atoms with Crippen LogP contribution in [0.15, 0.2) is 47.6 Å². The molecule has 0 spiro atoms. The van der Waals surface area contributed by atoms with Crippen molar-refractivity contribution in [1.29, 1.82) is 5.41 Å². The van der Waals surface area contributed by atoms with Crippen molar-refractivity contribution in [2.45, 2.75) is 6.92 Å². The molecule has 0 aliphatic carbocycles. The van der Waals surface area contributed by atoms with E-state index in [2.05, 4.69) is 10.5 Å². The highest BCUT2D eigenvalue weighted by Crippen LogP contribution is 2.35. The van der Waals surface area contributed by atoms with Crippen molar-refractivity contribution in [3.05, 3.63) is 48.0 Å². The van der Waals surface area contributed by atoms with Crippen molar-refractivity contribution >= 4 is 29.4 Å². The number of carboxylic acids is 1. The van der Waals surface area contributed by atoms with E-state index < -0.39 is 5.97 Å². The zero-order valence-corrected chi connectivity index (χ0v) is 12.8. The summed E-state index contributed by atoms with van der Waals surface area (Å²) in [5, 5.41) is 30.6. The summed E-state index contributed by atoms with van der Waals surface area (Å²) in [6, 6.07) is 11.0. The summed E-state index contributed by atoms with van der Waals surface area (Å²) in [5.74, 6) is -1.20. The van der Waals surface area contributed by atoms with Crippen LogP contribution in [0.5, 0.6) is 5.75 Å². The van der Waals surface area contributed by atoms with Gasteiger partial charge >= 0.3 is 5.97 Å². The van der Waals surface area contributed by atoms with Gasteiger partial charge in [0.05, 0.1) is 17.0 Å². The molecule has 0 saturated carbocycles. The van der Waals surface area contributed by atoms with Crippen molar-refractivity contribution in [1.82, 2.24) is 0 Å². The summed E-state index contributed by atoms with van der Waals surface area (Å²) >= 11 is 0. The molecule has 2 aromatic rings. The molecule has 2 aromatic carbocycles. The van der Waals surface area contributed by atoms with Gasteiger partial charge in [0, 0.05) is 5.56 Å². The molecule has 0 unspecified atom stereocenters. The van der Waals surface area contributed by atoms with Gasteiger partial charge in [-0.15, -0.1) is 0 Å². The molecule has 7 heteroatoms. The molecule has 4 N–H and O–H groups in total. The number of para-hydroxylation sites is 1. The Hall–Kier alpha value is -3.48. The first-order valence-corrected chi connectivity index (χ1v) is 6.94. The monoisotopic (exact) mass is 325 g/mol. The molecular formula is C17H15N3O4. The number of phenolic OH excluding ortho intramolecular Hbond substituents is 1. The molecule has 122 valence electrons. The zero-order chi connectivity index (χ0) is 17.7. The van der Waals surface area contributed by atoms with Gasteiger partial charge in [0.2, 0.25) is 0 Å². The van der Waals surface area contributed by atoms with Gasteiger partial charge in [0.15, 0.2) is 6.29 Å². The van der Waals surface area contributed by atoms with E-state index in [4.69, 9.17) is 10.5 Å². The third-order valence-corrected chi connectivity index (χ3v) is 3.25. The Morgan fingerprint density at radius 2 is 1.96 bits per heavy atom. The number of nitrogens with one attached hydrogen (secondary N) is 2. The Morgan fingerprint density at radius 3 is 2.58 bits per heavy atom. The number of aldehydes is 1. The Morgan fingerprint density at radius 1 is 1.25 bits per heavy atom. The molecule has 0 heterocycles. The average molecular weight is 325 g/mol. The number of hydrazone groups is 1. The number of phenols is 1. The third-order valence-electron chi connectivity index (χ3n) is 3.25. The smallest absolute Gasteiger partial charge is 0.335 e. The lowest BCUT2D eigenvalue weighted by Gasteiger charge is -2.10. The van der Waals surface area contributed by atoms with Crippen LogP contribution < -0.4 is 5.43 Å². The first-order valence-electron chi connectivity index (χ1n) is 6.94. The fourth-order valence-electron chi connectivity index (χ4n) is 2.01. The first kappa shape index (κ1) is 16.9. The number of hydrogen-bond acceptors (Lipinski definition) is 6. The molecule has 0 amide bonds. The van der Waals surface area contributed by atoms with Crippen LogP contribution in [0, 0.1) is 5.41 Å². The fourth-order valence-corrected chi connectivity index (χ4v) is 2.01. The van der Waals surface area contributed by atoms with Crippen LogP contribution in [-0.4, -0.2) is 33.9 Å². The molecule has 2 rings (SSSR count). The van der Waals surface area contributed by atoms with E-state index in [9.17, 15) is 14.7 Å². The summed E-state index contributed by atoms with van der Waals surface area (Å²) < 4.78 is 0. The standard InChI is InChI=1S/C17H15N3O4/c1-10(18)15(9-21)20-19-14-7-3-6-13(16(14)22)11-4-2-5-12(8-11)17(23)24/h2-9,18-19,22H,1H3,(H,23,24)/b18-10?,20-15+. The first-order chi connectivity index (χ1) is 11.4. The lowest BCUT2D eigenvalue weighted by molar-refractivity contribution is -0.102. The van der Waals surface area contributed by atoms with Gasteiger partial charge in [-0.2, -0.15) is 5.10 Å². The maximum absolute atomic E-state index is 11.1. The molecule has 7 nitrogen and oxygen atoms in total. The zero-order valence-electron chi connectivity index (χ0n) is 12.8. The average Bonchev–Trinajstić information content (AvgIpc) is 2.56. The molecule has 0 radical (unpaired) electrons. The largest absolute Gasteiger partial charge is 0.505 e. The highest BCUT2D eigenvalue weighted by molar-refractivity contribution is 6.60. The summed E-state index contributed by atoms with van der Waals surface area (Å²) in [7, 11) is 0. The van der Waals surface area contributed by atoms with E-state index in [0.717, 1.165) is 0 Å². The van der Waals surface area contributed by atoms with E-state index >= 15 is 0 Å². The molecule has 0 aliphatic heterocycles. The maximum Gasteiger partial charge on any atom is 0.335 e. The number of carboxylic acid groups (broad SMARTS) is 1. The van der Waals surface area contributed by atoms with Crippen LogP contribution in [-0.2, 0) is 4.79 Å². The van der Waals surface area contributed by atoms with Crippen molar-refractivity contribution in [3.8, 4) is 16.9 Å².